The first kappa shape index (κ1) is 19.4. The molecule has 33 heavy (non-hydrogen) atoms. The van der Waals surface area contributed by atoms with E-state index >= 15 is 0 Å². The van der Waals surface area contributed by atoms with E-state index in [0.717, 1.165) is 33.2 Å². The molecule has 3 amide bonds. The van der Waals surface area contributed by atoms with Gasteiger partial charge in [0.25, 0.3) is 5.91 Å². The molecule has 1 aromatic heterocycles. The average molecular weight is 436 g/mol. The number of aromatic nitrogens is 2. The van der Waals surface area contributed by atoms with E-state index in [9.17, 15) is 14.4 Å². The van der Waals surface area contributed by atoms with Gasteiger partial charge >= 0.3 is 0 Å². The van der Waals surface area contributed by atoms with E-state index in [1.54, 1.807) is 4.90 Å². The number of nitrogens with one attached hydrogen (secondary N) is 1. The van der Waals surface area contributed by atoms with Crippen LogP contribution in [0.25, 0.3) is 33.2 Å². The maximum atomic E-state index is 13.4. The van der Waals surface area contributed by atoms with E-state index in [1.807, 2.05) is 66.5 Å². The molecule has 162 valence electrons. The van der Waals surface area contributed by atoms with Gasteiger partial charge in [0, 0.05) is 35.5 Å². The molecule has 0 saturated carbocycles. The van der Waals surface area contributed by atoms with Crippen molar-refractivity contribution in [2.75, 3.05) is 4.90 Å². The highest BCUT2D eigenvalue weighted by molar-refractivity contribution is 6.28. The lowest BCUT2D eigenvalue weighted by Crippen LogP contribution is -2.53. The molecule has 6 rings (SSSR count). The van der Waals surface area contributed by atoms with Crippen molar-refractivity contribution in [2.45, 2.75) is 18.9 Å². The molecule has 4 aromatic rings. The fourth-order valence-electron chi connectivity index (χ4n) is 5.05. The molecule has 1 fully saturated rings. The maximum Gasteiger partial charge on any atom is 0.259 e. The number of piperidine rings is 1. The summed E-state index contributed by atoms with van der Waals surface area (Å²) in [6.07, 6.45) is 2.38. The Labute approximate surface area is 189 Å². The van der Waals surface area contributed by atoms with E-state index in [2.05, 4.69) is 22.5 Å². The summed E-state index contributed by atoms with van der Waals surface area (Å²) in [6.45, 7) is 0. The fourth-order valence-corrected chi connectivity index (χ4v) is 5.05. The summed E-state index contributed by atoms with van der Waals surface area (Å²) < 4.78 is 1.86. The van der Waals surface area contributed by atoms with Crippen molar-refractivity contribution >= 4 is 34.2 Å². The Kier molecular flexibility index (Phi) is 4.20. The Bertz CT molecular complexity index is 1470. The third-order valence-electron chi connectivity index (χ3n) is 6.53. The van der Waals surface area contributed by atoms with Crippen LogP contribution in [0.3, 0.4) is 0 Å². The van der Waals surface area contributed by atoms with Gasteiger partial charge in [0.1, 0.15) is 6.04 Å². The standard InChI is InChI=1S/C26H20N4O3/c1-29-24(15-6-3-2-4-7-15)19(14-27-29)16-10-11-18-23-17(16)8-5-9-20(23)30(26(18)33)21-12-13-22(31)28-25(21)32/h2-11,14,21H,12-13H2,1H3,(H,28,31,32). The molecule has 3 aromatic carbocycles. The Hall–Kier alpha value is -4.26. The molecule has 7 heteroatoms. The number of aryl methyl sites for hydroxylation is 1. The van der Waals surface area contributed by atoms with Crippen LogP contribution in [0.1, 0.15) is 23.2 Å². The van der Waals surface area contributed by atoms with Crippen LogP contribution in [0.5, 0.6) is 0 Å². The van der Waals surface area contributed by atoms with Crippen molar-refractivity contribution in [3.05, 3.63) is 72.4 Å². The zero-order valence-corrected chi connectivity index (χ0v) is 17.9. The lowest BCUT2D eigenvalue weighted by atomic mass is 9.94. The average Bonchev–Trinajstić information content (AvgIpc) is 3.34. The van der Waals surface area contributed by atoms with Gasteiger partial charge in [-0.2, -0.15) is 5.10 Å². The minimum Gasteiger partial charge on any atom is -0.295 e. The van der Waals surface area contributed by atoms with Gasteiger partial charge < -0.3 is 0 Å². The molecule has 0 spiro atoms. The molecule has 3 heterocycles. The molecule has 1 N–H and O–H groups in total. The number of hydrogen-bond donors (Lipinski definition) is 1. The maximum absolute atomic E-state index is 13.4. The normalized spacial score (nSPS) is 17.7. The quantitative estimate of drug-likeness (QED) is 0.497. The number of rotatable bonds is 3. The van der Waals surface area contributed by atoms with Crippen LogP contribution in [-0.4, -0.2) is 33.5 Å². The Morgan fingerprint density at radius 1 is 0.909 bits per heavy atom. The van der Waals surface area contributed by atoms with E-state index in [4.69, 9.17) is 0 Å². The lowest BCUT2D eigenvalue weighted by Gasteiger charge is -2.30. The topological polar surface area (TPSA) is 84.3 Å². The molecular formula is C26H20N4O3. The third-order valence-corrected chi connectivity index (χ3v) is 6.53. The number of amides is 3. The van der Waals surface area contributed by atoms with Crippen LogP contribution >= 0.6 is 0 Å². The van der Waals surface area contributed by atoms with Crippen molar-refractivity contribution in [3.63, 3.8) is 0 Å². The highest BCUT2D eigenvalue weighted by Gasteiger charge is 2.41. The number of nitrogens with zero attached hydrogens (tertiary/aromatic N) is 3. The molecule has 0 radical (unpaired) electrons. The van der Waals surface area contributed by atoms with Crippen molar-refractivity contribution in [2.24, 2.45) is 7.05 Å². The number of anilines is 1. The first-order valence-corrected chi connectivity index (χ1v) is 10.9. The van der Waals surface area contributed by atoms with Crippen LogP contribution in [0.15, 0.2) is 66.9 Å². The second kappa shape index (κ2) is 7.13. The highest BCUT2D eigenvalue weighted by atomic mass is 16.2. The van der Waals surface area contributed by atoms with Gasteiger partial charge in [0.05, 0.1) is 17.6 Å². The Morgan fingerprint density at radius 3 is 2.48 bits per heavy atom. The van der Waals surface area contributed by atoms with Crippen molar-refractivity contribution in [1.29, 1.82) is 0 Å². The van der Waals surface area contributed by atoms with Gasteiger partial charge in [0.15, 0.2) is 0 Å². The summed E-state index contributed by atoms with van der Waals surface area (Å²) in [6, 6.07) is 18.9. The highest BCUT2D eigenvalue weighted by Crippen LogP contribution is 2.44. The van der Waals surface area contributed by atoms with Crippen molar-refractivity contribution in [3.8, 4) is 22.4 Å². The fraction of sp³-hybridized carbons (Fsp3) is 0.154. The summed E-state index contributed by atoms with van der Waals surface area (Å²) in [5.74, 6) is -0.939. The Morgan fingerprint density at radius 2 is 1.70 bits per heavy atom. The molecule has 0 aliphatic carbocycles. The molecular weight excluding hydrogens is 416 g/mol. The largest absolute Gasteiger partial charge is 0.295 e. The predicted molar refractivity (Wildman–Crippen MR) is 125 cm³/mol. The van der Waals surface area contributed by atoms with Gasteiger partial charge in [0.2, 0.25) is 11.8 Å². The Balaban J connectivity index is 1.54. The second-order valence-corrected chi connectivity index (χ2v) is 8.40. The smallest absolute Gasteiger partial charge is 0.259 e. The molecule has 1 atom stereocenters. The summed E-state index contributed by atoms with van der Waals surface area (Å²) in [7, 11) is 1.92. The molecule has 1 saturated heterocycles. The number of imide groups is 1. The first-order chi connectivity index (χ1) is 16.0. The van der Waals surface area contributed by atoms with E-state index in [1.165, 1.54) is 0 Å². The lowest BCUT2D eigenvalue weighted by molar-refractivity contribution is -0.134. The zero-order valence-electron chi connectivity index (χ0n) is 17.9. The number of carbonyl (C=O) groups excluding carboxylic acids is 3. The SMILES string of the molecule is Cn1ncc(-c2ccc3c4c(cccc24)N(C2CCC(=O)NC2=O)C3=O)c1-c1ccccc1. The van der Waals surface area contributed by atoms with Crippen molar-refractivity contribution < 1.29 is 14.4 Å². The van der Waals surface area contributed by atoms with Gasteiger partial charge in [-0.25, -0.2) is 0 Å². The van der Waals surface area contributed by atoms with Crippen LogP contribution in [0.4, 0.5) is 5.69 Å². The molecule has 2 aliphatic heterocycles. The van der Waals surface area contributed by atoms with Gasteiger partial charge in [-0.1, -0.05) is 48.5 Å². The van der Waals surface area contributed by atoms with Crippen LogP contribution in [0.2, 0.25) is 0 Å². The molecule has 7 nitrogen and oxygen atoms in total. The predicted octanol–water partition coefficient (Wildman–Crippen LogP) is 3.67. The minimum absolute atomic E-state index is 0.211. The third kappa shape index (κ3) is 2.82. The number of benzene rings is 3. The molecule has 0 bridgehead atoms. The first-order valence-electron chi connectivity index (χ1n) is 10.9. The monoisotopic (exact) mass is 436 g/mol. The number of carbonyl (C=O) groups is 3. The van der Waals surface area contributed by atoms with Crippen LogP contribution < -0.4 is 10.2 Å². The summed E-state index contributed by atoms with van der Waals surface area (Å²) in [5, 5.41) is 8.64. The summed E-state index contributed by atoms with van der Waals surface area (Å²) in [5.41, 5.74) is 5.26. The van der Waals surface area contributed by atoms with Gasteiger partial charge in [-0.05, 0) is 29.5 Å². The van der Waals surface area contributed by atoms with Gasteiger partial charge in [-0.3, -0.25) is 29.3 Å². The van der Waals surface area contributed by atoms with E-state index in [0.29, 0.717) is 17.7 Å². The minimum atomic E-state index is -0.699. The summed E-state index contributed by atoms with van der Waals surface area (Å²) >= 11 is 0. The summed E-state index contributed by atoms with van der Waals surface area (Å²) in [4.78, 5) is 39.1. The number of hydrogen-bond acceptors (Lipinski definition) is 4. The molecule has 2 aliphatic rings. The van der Waals surface area contributed by atoms with Gasteiger partial charge in [-0.15, -0.1) is 0 Å². The second-order valence-electron chi connectivity index (χ2n) is 8.40. The van der Waals surface area contributed by atoms with Crippen LogP contribution in [-0.2, 0) is 16.6 Å². The van der Waals surface area contributed by atoms with Crippen molar-refractivity contribution in [1.82, 2.24) is 15.1 Å². The molecule has 1 unspecified atom stereocenters. The van der Waals surface area contributed by atoms with Crippen LogP contribution in [0, 0.1) is 0 Å². The van der Waals surface area contributed by atoms with E-state index < -0.39 is 11.9 Å². The van der Waals surface area contributed by atoms with E-state index in [-0.39, 0.29) is 18.2 Å². The zero-order chi connectivity index (χ0) is 22.7.